The molecule has 0 spiro atoms. The summed E-state index contributed by atoms with van der Waals surface area (Å²) in [7, 11) is 1.80. The lowest BCUT2D eigenvalue weighted by Crippen LogP contribution is -2.43. The minimum atomic E-state index is -0.335. The highest BCUT2D eigenvalue weighted by Crippen LogP contribution is 2.32. The van der Waals surface area contributed by atoms with E-state index >= 15 is 0 Å². The quantitative estimate of drug-likeness (QED) is 0.921. The minimum Gasteiger partial charge on any atom is -0.337 e. The first-order valence-corrected chi connectivity index (χ1v) is 9.37. The summed E-state index contributed by atoms with van der Waals surface area (Å²) in [6.45, 7) is 7.70. The number of nitrogens with one attached hydrogen (secondary N) is 1. The predicted molar refractivity (Wildman–Crippen MR) is 95.3 cm³/mol. The van der Waals surface area contributed by atoms with Crippen LogP contribution >= 0.6 is 11.8 Å². The molecule has 1 N–H and O–H groups in total. The predicted octanol–water partition coefficient (Wildman–Crippen LogP) is 2.73. The number of rotatable bonds is 3. The summed E-state index contributed by atoms with van der Waals surface area (Å²) in [4.78, 5) is 34.3. The Kier molecular flexibility index (Phi) is 5.23. The molecule has 0 aromatic carbocycles. The van der Waals surface area contributed by atoms with Crippen molar-refractivity contribution >= 4 is 17.7 Å². The largest absolute Gasteiger partial charge is 0.337 e. The van der Waals surface area contributed by atoms with E-state index in [0.717, 1.165) is 19.3 Å². The molecule has 6 heteroatoms. The molecule has 5 nitrogen and oxygen atoms in total. The summed E-state index contributed by atoms with van der Waals surface area (Å²) in [5.74, 6) is 0.393. The van der Waals surface area contributed by atoms with Crippen molar-refractivity contribution in [1.82, 2.24) is 14.9 Å². The van der Waals surface area contributed by atoms with Crippen molar-refractivity contribution in [2.45, 2.75) is 63.7 Å². The molecule has 0 unspecified atom stereocenters. The second-order valence-electron chi connectivity index (χ2n) is 7.31. The van der Waals surface area contributed by atoms with Crippen LogP contribution in [0.3, 0.4) is 0 Å². The van der Waals surface area contributed by atoms with Crippen LogP contribution in [0, 0.1) is 6.92 Å². The lowest BCUT2D eigenvalue weighted by molar-refractivity contribution is 0.0735. The Balaban J connectivity index is 2.35. The zero-order valence-corrected chi connectivity index (χ0v) is 15.7. The van der Waals surface area contributed by atoms with E-state index in [-0.39, 0.29) is 28.5 Å². The van der Waals surface area contributed by atoms with Crippen molar-refractivity contribution in [3.8, 4) is 0 Å². The van der Waals surface area contributed by atoms with E-state index < -0.39 is 0 Å². The SMILES string of the molecule is CS[C@@H]1CCC[C@H]1N(C)C(=O)c1c(C)nc(C(C)(C)C)[nH]c1=O. The first kappa shape index (κ1) is 18.0. The zero-order chi connectivity index (χ0) is 17.4. The van der Waals surface area contributed by atoms with E-state index in [2.05, 4.69) is 16.2 Å². The Bertz CT molecular complexity index is 648. The molecular formula is C17H27N3O2S. The maximum Gasteiger partial charge on any atom is 0.264 e. The topological polar surface area (TPSA) is 66.1 Å². The van der Waals surface area contributed by atoms with E-state index in [9.17, 15) is 9.59 Å². The van der Waals surface area contributed by atoms with Crippen LogP contribution in [-0.2, 0) is 5.41 Å². The fourth-order valence-corrected chi connectivity index (χ4v) is 4.18. The summed E-state index contributed by atoms with van der Waals surface area (Å²) in [5.41, 5.74) is 0.0896. The highest BCUT2D eigenvalue weighted by atomic mass is 32.2. The van der Waals surface area contributed by atoms with Crippen LogP contribution in [-0.4, -0.2) is 45.4 Å². The van der Waals surface area contributed by atoms with Gasteiger partial charge in [0.1, 0.15) is 11.4 Å². The van der Waals surface area contributed by atoms with E-state index in [1.807, 2.05) is 20.8 Å². The van der Waals surface area contributed by atoms with E-state index in [1.54, 1.807) is 30.6 Å². The fourth-order valence-electron chi connectivity index (χ4n) is 3.14. The Hall–Kier alpha value is -1.30. The van der Waals surface area contributed by atoms with Crippen molar-refractivity contribution < 1.29 is 4.79 Å². The number of amides is 1. The molecule has 0 radical (unpaired) electrons. The van der Waals surface area contributed by atoms with Crippen LogP contribution in [0.4, 0.5) is 0 Å². The Labute approximate surface area is 142 Å². The number of aromatic nitrogens is 2. The number of nitrogens with zero attached hydrogens (tertiary/aromatic N) is 2. The van der Waals surface area contributed by atoms with Crippen LogP contribution < -0.4 is 5.56 Å². The summed E-state index contributed by atoms with van der Waals surface area (Å²) in [6, 6.07) is 0.193. The van der Waals surface area contributed by atoms with Gasteiger partial charge in [-0.1, -0.05) is 27.2 Å². The van der Waals surface area contributed by atoms with Gasteiger partial charge in [-0.2, -0.15) is 11.8 Å². The first-order chi connectivity index (χ1) is 10.7. The molecule has 1 aromatic heterocycles. The van der Waals surface area contributed by atoms with Gasteiger partial charge in [-0.05, 0) is 26.0 Å². The molecule has 2 rings (SSSR count). The maximum absolute atomic E-state index is 12.9. The summed E-state index contributed by atoms with van der Waals surface area (Å²) in [6.07, 6.45) is 5.33. The highest BCUT2D eigenvalue weighted by molar-refractivity contribution is 7.99. The number of hydrogen-bond acceptors (Lipinski definition) is 4. The van der Waals surface area contributed by atoms with Gasteiger partial charge in [0.25, 0.3) is 11.5 Å². The van der Waals surface area contributed by atoms with E-state index in [4.69, 9.17) is 0 Å². The molecule has 0 aliphatic heterocycles. The van der Waals surface area contributed by atoms with E-state index in [1.165, 1.54) is 0 Å². The van der Waals surface area contributed by atoms with Gasteiger partial charge in [0.05, 0.1) is 5.69 Å². The standard InChI is InChI=1S/C17H27N3O2S/c1-10-13(14(21)19-16(18-10)17(2,3)4)15(22)20(5)11-8-7-9-12(11)23-6/h11-12H,7-9H2,1-6H3,(H,18,19,21)/t11-,12-/m1/s1. The molecule has 1 heterocycles. The summed E-state index contributed by atoms with van der Waals surface area (Å²) in [5, 5.41) is 0.449. The van der Waals surface area contributed by atoms with Gasteiger partial charge in [-0.3, -0.25) is 9.59 Å². The third-order valence-electron chi connectivity index (χ3n) is 4.56. The van der Waals surface area contributed by atoms with Gasteiger partial charge in [-0.15, -0.1) is 0 Å². The summed E-state index contributed by atoms with van der Waals surface area (Å²) >= 11 is 1.80. The number of aromatic amines is 1. The van der Waals surface area contributed by atoms with Crippen molar-refractivity contribution in [3.05, 3.63) is 27.4 Å². The molecule has 0 saturated heterocycles. The van der Waals surface area contributed by atoms with E-state index in [0.29, 0.717) is 16.8 Å². The van der Waals surface area contributed by atoms with Gasteiger partial charge in [-0.25, -0.2) is 4.98 Å². The fraction of sp³-hybridized carbons (Fsp3) is 0.706. The molecule has 23 heavy (non-hydrogen) atoms. The molecule has 0 bridgehead atoms. The Morgan fingerprint density at radius 3 is 2.52 bits per heavy atom. The number of thioether (sulfide) groups is 1. The normalized spacial score (nSPS) is 21.5. The molecule has 1 aromatic rings. The van der Waals surface area contributed by atoms with Crippen molar-refractivity contribution in [2.24, 2.45) is 0 Å². The van der Waals surface area contributed by atoms with Crippen LogP contribution in [0.15, 0.2) is 4.79 Å². The number of H-pyrrole nitrogens is 1. The third-order valence-corrected chi connectivity index (χ3v) is 5.72. The molecular weight excluding hydrogens is 310 g/mol. The minimum absolute atomic E-state index is 0.173. The Morgan fingerprint density at radius 1 is 1.35 bits per heavy atom. The van der Waals surface area contributed by atoms with Crippen LogP contribution in [0.1, 0.15) is 61.9 Å². The van der Waals surface area contributed by atoms with Gasteiger partial charge in [0.15, 0.2) is 0 Å². The van der Waals surface area contributed by atoms with Crippen LogP contribution in [0.5, 0.6) is 0 Å². The smallest absolute Gasteiger partial charge is 0.264 e. The Morgan fingerprint density at radius 2 is 2.00 bits per heavy atom. The molecule has 2 atom stereocenters. The van der Waals surface area contributed by atoms with Crippen LogP contribution in [0.25, 0.3) is 0 Å². The molecule has 128 valence electrons. The van der Waals surface area contributed by atoms with Gasteiger partial charge >= 0.3 is 0 Å². The number of hydrogen-bond donors (Lipinski definition) is 1. The van der Waals surface area contributed by atoms with Gasteiger partial charge < -0.3 is 9.88 Å². The second kappa shape index (κ2) is 6.67. The zero-order valence-electron chi connectivity index (χ0n) is 14.9. The number of aryl methyl sites for hydroxylation is 1. The first-order valence-electron chi connectivity index (χ1n) is 8.08. The monoisotopic (exact) mass is 337 g/mol. The number of carbonyl (C=O) groups excluding carboxylic acids is 1. The molecule has 1 saturated carbocycles. The van der Waals surface area contributed by atoms with Gasteiger partial charge in [0, 0.05) is 23.8 Å². The van der Waals surface area contributed by atoms with Gasteiger partial charge in [0.2, 0.25) is 0 Å². The molecule has 1 aliphatic rings. The summed E-state index contributed by atoms with van der Waals surface area (Å²) < 4.78 is 0. The maximum atomic E-state index is 12.9. The number of carbonyl (C=O) groups is 1. The average molecular weight is 337 g/mol. The van der Waals surface area contributed by atoms with Crippen LogP contribution in [0.2, 0.25) is 0 Å². The van der Waals surface area contributed by atoms with Crippen molar-refractivity contribution in [1.29, 1.82) is 0 Å². The van der Waals surface area contributed by atoms with Crippen molar-refractivity contribution in [2.75, 3.05) is 13.3 Å². The lowest BCUT2D eigenvalue weighted by Gasteiger charge is -2.29. The average Bonchev–Trinajstić information content (AvgIpc) is 2.92. The second-order valence-corrected chi connectivity index (χ2v) is 8.39. The molecule has 1 fully saturated rings. The third kappa shape index (κ3) is 3.62. The molecule has 1 aliphatic carbocycles. The highest BCUT2D eigenvalue weighted by Gasteiger charge is 2.34. The van der Waals surface area contributed by atoms with Crippen molar-refractivity contribution in [3.63, 3.8) is 0 Å². The molecule has 1 amide bonds. The lowest BCUT2D eigenvalue weighted by atomic mass is 9.95.